The molecule has 3 heterocycles. The Morgan fingerprint density at radius 3 is 2.59 bits per heavy atom. The van der Waals surface area contributed by atoms with Crippen molar-refractivity contribution in [1.29, 1.82) is 0 Å². The first kappa shape index (κ1) is 21.6. The zero-order chi connectivity index (χ0) is 22.8. The molecule has 1 saturated heterocycles. The summed E-state index contributed by atoms with van der Waals surface area (Å²) in [7, 11) is 0. The number of nitrogens with zero attached hydrogens (tertiary/aromatic N) is 1. The number of rotatable bonds is 5. The number of benzene rings is 1. The van der Waals surface area contributed by atoms with E-state index < -0.39 is 11.9 Å². The number of morpholine rings is 1. The van der Waals surface area contributed by atoms with Crippen LogP contribution in [0.5, 0.6) is 0 Å². The van der Waals surface area contributed by atoms with Crippen LogP contribution in [0.3, 0.4) is 0 Å². The Kier molecular flexibility index (Phi) is 6.00. The van der Waals surface area contributed by atoms with Crippen molar-refractivity contribution in [2.75, 3.05) is 38.2 Å². The van der Waals surface area contributed by atoms with Crippen LogP contribution in [-0.2, 0) is 9.47 Å². The number of aromatic amines is 1. The second kappa shape index (κ2) is 8.88. The molecule has 4 rings (SSSR count). The Morgan fingerprint density at radius 1 is 1.16 bits per heavy atom. The van der Waals surface area contributed by atoms with E-state index in [4.69, 9.17) is 13.9 Å². The van der Waals surface area contributed by atoms with Gasteiger partial charge in [-0.05, 0) is 38.5 Å². The van der Waals surface area contributed by atoms with Crippen molar-refractivity contribution in [3.63, 3.8) is 0 Å². The molecule has 0 unspecified atom stereocenters. The summed E-state index contributed by atoms with van der Waals surface area (Å²) in [4.78, 5) is 43.2. The number of furan rings is 1. The SMILES string of the molecule is CCOC(=O)c1c(C)[nH]c(C(=O)Nc2c(C(=O)N3CCOCC3)oc3ccccc23)c1C. The summed E-state index contributed by atoms with van der Waals surface area (Å²) in [5.74, 6) is -1.22. The molecule has 1 fully saturated rings. The fraction of sp³-hybridized carbons (Fsp3) is 0.348. The van der Waals surface area contributed by atoms with E-state index in [1.165, 1.54) is 0 Å². The van der Waals surface area contributed by atoms with Gasteiger partial charge in [-0.25, -0.2) is 4.79 Å². The number of para-hydroxylation sites is 1. The molecule has 9 nitrogen and oxygen atoms in total. The fourth-order valence-corrected chi connectivity index (χ4v) is 3.89. The number of esters is 1. The van der Waals surface area contributed by atoms with Crippen LogP contribution < -0.4 is 5.32 Å². The third kappa shape index (κ3) is 3.87. The van der Waals surface area contributed by atoms with Crippen LogP contribution in [0.4, 0.5) is 5.69 Å². The standard InChI is InChI=1S/C23H25N3O6/c1-4-31-23(29)17-13(2)18(24-14(17)3)21(27)25-19-15-7-5-6-8-16(15)32-20(19)22(28)26-9-11-30-12-10-26/h5-8,24H,4,9-12H2,1-3H3,(H,25,27). The molecule has 0 saturated carbocycles. The Morgan fingerprint density at radius 2 is 1.88 bits per heavy atom. The molecule has 2 aromatic heterocycles. The topological polar surface area (TPSA) is 114 Å². The molecule has 2 N–H and O–H groups in total. The number of hydrogen-bond donors (Lipinski definition) is 2. The van der Waals surface area contributed by atoms with Crippen molar-refractivity contribution in [1.82, 2.24) is 9.88 Å². The van der Waals surface area contributed by atoms with E-state index in [-0.39, 0.29) is 24.0 Å². The maximum atomic E-state index is 13.2. The summed E-state index contributed by atoms with van der Waals surface area (Å²) >= 11 is 0. The third-order valence-corrected chi connectivity index (χ3v) is 5.47. The van der Waals surface area contributed by atoms with Crippen molar-refractivity contribution in [3.05, 3.63) is 52.5 Å². The minimum atomic E-state index is -0.491. The third-order valence-electron chi connectivity index (χ3n) is 5.47. The maximum Gasteiger partial charge on any atom is 0.340 e. The van der Waals surface area contributed by atoms with Crippen molar-refractivity contribution in [2.45, 2.75) is 20.8 Å². The van der Waals surface area contributed by atoms with Crippen LogP contribution in [0, 0.1) is 13.8 Å². The second-order valence-electron chi connectivity index (χ2n) is 7.51. The van der Waals surface area contributed by atoms with Gasteiger partial charge in [0.05, 0.1) is 25.4 Å². The van der Waals surface area contributed by atoms with Crippen LogP contribution in [-0.4, -0.2) is 60.6 Å². The molecule has 0 spiro atoms. The molecule has 1 aliphatic rings. The molecule has 0 atom stereocenters. The van der Waals surface area contributed by atoms with Gasteiger partial charge in [0.25, 0.3) is 11.8 Å². The van der Waals surface area contributed by atoms with Crippen LogP contribution in [0.2, 0.25) is 0 Å². The monoisotopic (exact) mass is 439 g/mol. The normalized spacial score (nSPS) is 13.9. The lowest BCUT2D eigenvalue weighted by Gasteiger charge is -2.26. The zero-order valence-electron chi connectivity index (χ0n) is 18.2. The maximum absolute atomic E-state index is 13.2. The summed E-state index contributed by atoms with van der Waals surface area (Å²) in [5, 5.41) is 3.44. The Labute approximate surface area is 184 Å². The average Bonchev–Trinajstić information content (AvgIpc) is 3.31. The highest BCUT2D eigenvalue weighted by molar-refractivity contribution is 6.15. The molecule has 3 aromatic rings. The number of nitrogens with one attached hydrogen (secondary N) is 2. The molecule has 1 aliphatic heterocycles. The number of amides is 2. The lowest BCUT2D eigenvalue weighted by molar-refractivity contribution is 0.0285. The minimum absolute atomic E-state index is 0.0630. The van der Waals surface area contributed by atoms with Crippen LogP contribution in [0.15, 0.2) is 28.7 Å². The molecule has 32 heavy (non-hydrogen) atoms. The second-order valence-corrected chi connectivity index (χ2v) is 7.51. The van der Waals surface area contributed by atoms with Crippen molar-refractivity contribution in [2.24, 2.45) is 0 Å². The van der Waals surface area contributed by atoms with E-state index in [1.54, 1.807) is 49.9 Å². The molecule has 0 radical (unpaired) electrons. The van der Waals surface area contributed by atoms with Crippen LogP contribution in [0.25, 0.3) is 11.0 Å². The number of hydrogen-bond acceptors (Lipinski definition) is 6. The van der Waals surface area contributed by atoms with Gasteiger partial charge >= 0.3 is 5.97 Å². The highest BCUT2D eigenvalue weighted by atomic mass is 16.5. The molecule has 168 valence electrons. The van der Waals surface area contributed by atoms with Gasteiger partial charge in [0, 0.05) is 24.2 Å². The molecule has 1 aromatic carbocycles. The minimum Gasteiger partial charge on any atom is -0.462 e. The van der Waals surface area contributed by atoms with Gasteiger partial charge < -0.3 is 29.1 Å². The van der Waals surface area contributed by atoms with Crippen LogP contribution in [0.1, 0.15) is 49.6 Å². The smallest absolute Gasteiger partial charge is 0.340 e. The summed E-state index contributed by atoms with van der Waals surface area (Å²) in [5.41, 5.74) is 2.36. The summed E-state index contributed by atoms with van der Waals surface area (Å²) < 4.78 is 16.3. The number of anilines is 1. The Bertz CT molecular complexity index is 1190. The number of H-pyrrole nitrogens is 1. The quantitative estimate of drug-likeness (QED) is 0.590. The number of ether oxygens (including phenoxy) is 2. The van der Waals surface area contributed by atoms with Gasteiger partial charge in [0.1, 0.15) is 17.0 Å². The van der Waals surface area contributed by atoms with Gasteiger partial charge in [-0.2, -0.15) is 0 Å². The predicted molar refractivity (Wildman–Crippen MR) is 117 cm³/mol. The predicted octanol–water partition coefficient (Wildman–Crippen LogP) is 3.28. The molecule has 0 aliphatic carbocycles. The van der Waals surface area contributed by atoms with Gasteiger partial charge in [-0.1, -0.05) is 12.1 Å². The number of carbonyl (C=O) groups is 3. The van der Waals surface area contributed by atoms with E-state index >= 15 is 0 Å². The molecule has 2 amide bonds. The number of fused-ring (bicyclic) bond motifs is 1. The lowest BCUT2D eigenvalue weighted by atomic mass is 10.1. The number of aryl methyl sites for hydroxylation is 1. The first-order valence-corrected chi connectivity index (χ1v) is 10.5. The average molecular weight is 439 g/mol. The van der Waals surface area contributed by atoms with E-state index in [1.807, 2.05) is 0 Å². The molecule has 9 heteroatoms. The number of carbonyl (C=O) groups excluding carboxylic acids is 3. The Balaban J connectivity index is 1.70. The van der Waals surface area contributed by atoms with E-state index in [2.05, 4.69) is 10.3 Å². The van der Waals surface area contributed by atoms with Gasteiger partial charge in [0.2, 0.25) is 5.76 Å². The zero-order valence-corrected chi connectivity index (χ0v) is 18.2. The van der Waals surface area contributed by atoms with Crippen LogP contribution >= 0.6 is 0 Å². The first-order chi connectivity index (χ1) is 15.4. The van der Waals surface area contributed by atoms with Crippen molar-refractivity contribution < 1.29 is 28.3 Å². The largest absolute Gasteiger partial charge is 0.462 e. The fourth-order valence-electron chi connectivity index (χ4n) is 3.89. The molecule has 0 bridgehead atoms. The number of aromatic nitrogens is 1. The highest BCUT2D eigenvalue weighted by Crippen LogP contribution is 2.33. The van der Waals surface area contributed by atoms with E-state index in [9.17, 15) is 14.4 Å². The first-order valence-electron chi connectivity index (χ1n) is 10.5. The summed E-state index contributed by atoms with van der Waals surface area (Å²) in [6.45, 7) is 7.13. The van der Waals surface area contributed by atoms with Gasteiger partial charge in [0.15, 0.2) is 0 Å². The van der Waals surface area contributed by atoms with Crippen molar-refractivity contribution >= 4 is 34.4 Å². The van der Waals surface area contributed by atoms with E-state index in [0.29, 0.717) is 59.8 Å². The highest BCUT2D eigenvalue weighted by Gasteiger charge is 2.29. The van der Waals surface area contributed by atoms with Gasteiger partial charge in [-0.15, -0.1) is 0 Å². The lowest BCUT2D eigenvalue weighted by Crippen LogP contribution is -2.40. The Hall–Kier alpha value is -3.59. The molecular weight excluding hydrogens is 414 g/mol. The van der Waals surface area contributed by atoms with E-state index in [0.717, 1.165) is 0 Å². The summed E-state index contributed by atoms with van der Waals surface area (Å²) in [6.07, 6.45) is 0. The van der Waals surface area contributed by atoms with Gasteiger partial charge in [-0.3, -0.25) is 9.59 Å². The molecular formula is C23H25N3O6. The summed E-state index contributed by atoms with van der Waals surface area (Å²) in [6, 6.07) is 7.12. The van der Waals surface area contributed by atoms with Crippen molar-refractivity contribution in [3.8, 4) is 0 Å².